The van der Waals surface area contributed by atoms with Crippen molar-refractivity contribution in [1.29, 1.82) is 0 Å². The number of nitrogens with one attached hydrogen (secondary N) is 1. The van der Waals surface area contributed by atoms with Crippen LogP contribution in [0.3, 0.4) is 0 Å². The fourth-order valence-electron chi connectivity index (χ4n) is 1.72. The van der Waals surface area contributed by atoms with Crippen LogP contribution in [0.1, 0.15) is 20.3 Å². The molecule has 1 heterocycles. The van der Waals surface area contributed by atoms with Crippen LogP contribution in [0.25, 0.3) is 0 Å². The molecule has 1 rings (SSSR count). The number of hydrogen-bond acceptors (Lipinski definition) is 4. The third-order valence-electron chi connectivity index (χ3n) is 2.38. The fraction of sp³-hybridized carbons (Fsp3) is 0.889. The number of carbonyl (C=O) groups is 1. The van der Waals surface area contributed by atoms with E-state index < -0.39 is 6.29 Å². The first-order chi connectivity index (χ1) is 6.54. The van der Waals surface area contributed by atoms with Gasteiger partial charge in [0.05, 0.1) is 18.2 Å². The monoisotopic (exact) mass is 203 g/mol. The molecule has 0 saturated carbocycles. The van der Waals surface area contributed by atoms with Crippen molar-refractivity contribution in [3.63, 3.8) is 0 Å². The normalized spacial score (nSPS) is 38.0. The zero-order valence-electron chi connectivity index (χ0n) is 8.69. The van der Waals surface area contributed by atoms with Crippen LogP contribution in [-0.4, -0.2) is 42.7 Å². The Hall–Kier alpha value is -0.650. The highest BCUT2D eigenvalue weighted by Crippen LogP contribution is 2.20. The molecule has 5 heteroatoms. The third-order valence-corrected chi connectivity index (χ3v) is 2.38. The van der Waals surface area contributed by atoms with Gasteiger partial charge in [0.25, 0.3) is 0 Å². The second-order valence-electron chi connectivity index (χ2n) is 3.53. The summed E-state index contributed by atoms with van der Waals surface area (Å²) >= 11 is 0. The molecule has 1 aliphatic rings. The predicted molar refractivity (Wildman–Crippen MR) is 49.6 cm³/mol. The smallest absolute Gasteiger partial charge is 0.217 e. The maximum atomic E-state index is 10.9. The molecule has 1 amide bonds. The molecule has 1 saturated heterocycles. The molecule has 4 atom stereocenters. The van der Waals surface area contributed by atoms with Crippen LogP contribution in [-0.2, 0) is 14.3 Å². The Morgan fingerprint density at radius 1 is 1.64 bits per heavy atom. The van der Waals surface area contributed by atoms with E-state index >= 15 is 0 Å². The zero-order chi connectivity index (χ0) is 10.7. The second-order valence-corrected chi connectivity index (χ2v) is 3.53. The molecule has 0 unspecified atom stereocenters. The van der Waals surface area contributed by atoms with Crippen LogP contribution in [0, 0.1) is 0 Å². The Bertz CT molecular complexity index is 209. The highest BCUT2D eigenvalue weighted by Gasteiger charge is 2.36. The lowest BCUT2D eigenvalue weighted by molar-refractivity contribution is -0.201. The lowest BCUT2D eigenvalue weighted by Crippen LogP contribution is -2.56. The molecular formula is C9H17NO4. The van der Waals surface area contributed by atoms with Crippen molar-refractivity contribution in [3.8, 4) is 0 Å². The maximum Gasteiger partial charge on any atom is 0.217 e. The second kappa shape index (κ2) is 4.72. The molecule has 0 aromatic heterocycles. The van der Waals surface area contributed by atoms with E-state index in [-0.39, 0.29) is 24.2 Å². The van der Waals surface area contributed by atoms with Crippen molar-refractivity contribution in [2.24, 2.45) is 0 Å². The molecule has 2 N–H and O–H groups in total. The van der Waals surface area contributed by atoms with Crippen LogP contribution < -0.4 is 5.32 Å². The largest absolute Gasteiger partial charge is 0.379 e. The number of rotatable bonds is 2. The number of hydrogen-bond donors (Lipinski definition) is 2. The maximum absolute atomic E-state index is 10.9. The number of ether oxygens (including phenoxy) is 2. The molecule has 0 aromatic rings. The Labute approximate surface area is 83.4 Å². The van der Waals surface area contributed by atoms with Gasteiger partial charge >= 0.3 is 0 Å². The van der Waals surface area contributed by atoms with E-state index in [0.717, 1.165) is 0 Å². The van der Waals surface area contributed by atoms with Gasteiger partial charge in [-0.05, 0) is 6.92 Å². The first kappa shape index (κ1) is 11.4. The van der Waals surface area contributed by atoms with Crippen LogP contribution in [0.4, 0.5) is 0 Å². The highest BCUT2D eigenvalue weighted by molar-refractivity contribution is 5.73. The molecular weight excluding hydrogens is 186 g/mol. The summed E-state index contributed by atoms with van der Waals surface area (Å²) in [5, 5.41) is 12.1. The van der Waals surface area contributed by atoms with Gasteiger partial charge in [-0.3, -0.25) is 4.79 Å². The Kier molecular flexibility index (Phi) is 3.86. The zero-order valence-corrected chi connectivity index (χ0v) is 8.69. The van der Waals surface area contributed by atoms with E-state index in [1.165, 1.54) is 6.92 Å². The van der Waals surface area contributed by atoms with Crippen LogP contribution in [0.2, 0.25) is 0 Å². The summed E-state index contributed by atoms with van der Waals surface area (Å²) in [6.45, 7) is 3.25. The van der Waals surface area contributed by atoms with Gasteiger partial charge in [-0.15, -0.1) is 0 Å². The molecule has 82 valence electrons. The van der Waals surface area contributed by atoms with E-state index in [1.807, 2.05) is 0 Å². The molecule has 0 aromatic carbocycles. The summed E-state index contributed by atoms with van der Waals surface area (Å²) in [5.74, 6) is -0.121. The van der Waals surface area contributed by atoms with Crippen molar-refractivity contribution < 1.29 is 19.4 Å². The number of methoxy groups -OCH3 is 1. The summed E-state index contributed by atoms with van der Waals surface area (Å²) in [4.78, 5) is 10.9. The minimum Gasteiger partial charge on any atom is -0.379 e. The van der Waals surface area contributed by atoms with Crippen LogP contribution in [0.15, 0.2) is 0 Å². The molecule has 0 aliphatic carbocycles. The number of carbonyl (C=O) groups excluding carboxylic acids is 1. The Morgan fingerprint density at radius 2 is 2.29 bits per heavy atom. The lowest BCUT2D eigenvalue weighted by Gasteiger charge is -2.38. The highest BCUT2D eigenvalue weighted by atomic mass is 16.6. The van der Waals surface area contributed by atoms with E-state index in [0.29, 0.717) is 6.42 Å². The minimum absolute atomic E-state index is 0.121. The summed E-state index contributed by atoms with van der Waals surface area (Å²) < 4.78 is 10.4. The predicted octanol–water partition coefficient (Wildman–Crippen LogP) is -0.367. The van der Waals surface area contributed by atoms with E-state index in [4.69, 9.17) is 9.47 Å². The topological polar surface area (TPSA) is 67.8 Å². The van der Waals surface area contributed by atoms with Crippen LogP contribution in [0.5, 0.6) is 0 Å². The molecule has 5 nitrogen and oxygen atoms in total. The summed E-state index contributed by atoms with van der Waals surface area (Å²) in [6, 6.07) is -0.194. The molecule has 1 fully saturated rings. The lowest BCUT2D eigenvalue weighted by atomic mass is 9.99. The van der Waals surface area contributed by atoms with Crippen molar-refractivity contribution in [2.45, 2.75) is 44.8 Å². The minimum atomic E-state index is -0.806. The summed E-state index contributed by atoms with van der Waals surface area (Å²) in [7, 11) is 1.56. The Morgan fingerprint density at radius 3 is 2.79 bits per heavy atom. The van der Waals surface area contributed by atoms with Crippen molar-refractivity contribution in [3.05, 3.63) is 0 Å². The molecule has 0 spiro atoms. The molecule has 14 heavy (non-hydrogen) atoms. The molecule has 1 aliphatic heterocycles. The quantitative estimate of drug-likeness (QED) is 0.642. The van der Waals surface area contributed by atoms with Crippen molar-refractivity contribution >= 4 is 5.91 Å². The van der Waals surface area contributed by atoms with Crippen molar-refractivity contribution in [2.75, 3.05) is 7.11 Å². The first-order valence-corrected chi connectivity index (χ1v) is 4.68. The van der Waals surface area contributed by atoms with E-state index in [9.17, 15) is 9.90 Å². The Balaban J connectivity index is 2.63. The number of aliphatic hydroxyl groups is 1. The van der Waals surface area contributed by atoms with Gasteiger partial charge in [-0.1, -0.05) is 0 Å². The summed E-state index contributed by atoms with van der Waals surface area (Å²) in [6.07, 6.45) is -0.864. The average molecular weight is 203 g/mol. The third kappa shape index (κ3) is 2.67. The fourth-order valence-corrected chi connectivity index (χ4v) is 1.72. The number of amides is 1. The van der Waals surface area contributed by atoms with Gasteiger partial charge < -0.3 is 19.9 Å². The van der Waals surface area contributed by atoms with Crippen molar-refractivity contribution in [1.82, 2.24) is 5.32 Å². The summed E-state index contributed by atoms with van der Waals surface area (Å²) in [5.41, 5.74) is 0. The van der Waals surface area contributed by atoms with Gasteiger partial charge in [0.15, 0.2) is 6.29 Å². The van der Waals surface area contributed by atoms with E-state index in [2.05, 4.69) is 5.32 Å². The average Bonchev–Trinajstić information content (AvgIpc) is 2.08. The molecule has 0 bridgehead atoms. The SMILES string of the molecule is CO[C@@H]1C[C@H](O)O[C@H](C)[C@H]1NC(C)=O. The molecule has 0 radical (unpaired) electrons. The van der Waals surface area contributed by atoms with Gasteiger partial charge in [-0.25, -0.2) is 0 Å². The van der Waals surface area contributed by atoms with Crippen LogP contribution >= 0.6 is 0 Å². The van der Waals surface area contributed by atoms with Gasteiger partial charge in [0.1, 0.15) is 0 Å². The van der Waals surface area contributed by atoms with Gasteiger partial charge in [-0.2, -0.15) is 0 Å². The number of aliphatic hydroxyl groups excluding tert-OH is 1. The van der Waals surface area contributed by atoms with Gasteiger partial charge in [0, 0.05) is 20.5 Å². The van der Waals surface area contributed by atoms with E-state index in [1.54, 1.807) is 14.0 Å². The first-order valence-electron chi connectivity index (χ1n) is 4.68. The van der Waals surface area contributed by atoms with Gasteiger partial charge in [0.2, 0.25) is 5.91 Å². The standard InChI is InChI=1S/C9H17NO4/c1-5-9(10-6(2)11)7(13-3)4-8(12)14-5/h5,7-9,12H,4H2,1-3H3,(H,10,11)/t5-,7-,8-,9-/m1/s1.